The second-order valence-corrected chi connectivity index (χ2v) is 5.96. The molecule has 25 heavy (non-hydrogen) atoms. The fourth-order valence-electron chi connectivity index (χ4n) is 2.99. The van der Waals surface area contributed by atoms with Crippen molar-refractivity contribution in [2.45, 2.75) is 13.5 Å². The van der Waals surface area contributed by atoms with E-state index in [0.717, 1.165) is 5.56 Å². The largest absolute Gasteiger partial charge is 0.496 e. The van der Waals surface area contributed by atoms with Gasteiger partial charge in [0.05, 0.1) is 14.2 Å². The number of hydrogen-bond donors (Lipinski definition) is 1. The van der Waals surface area contributed by atoms with Gasteiger partial charge in [0, 0.05) is 30.2 Å². The minimum atomic E-state index is -0.223. The van der Waals surface area contributed by atoms with Crippen LogP contribution in [0.4, 0.5) is 0 Å². The van der Waals surface area contributed by atoms with Crippen LogP contribution in [-0.4, -0.2) is 24.7 Å². The van der Waals surface area contributed by atoms with Crippen molar-refractivity contribution in [3.8, 4) is 11.5 Å². The van der Waals surface area contributed by atoms with Crippen molar-refractivity contribution in [1.29, 1.82) is 0 Å². The van der Waals surface area contributed by atoms with E-state index in [1.807, 2.05) is 13.1 Å². The molecule has 0 aliphatic rings. The number of nitrogens with zero attached hydrogens (tertiary/aromatic N) is 1. The minimum absolute atomic E-state index is 0.223. The van der Waals surface area contributed by atoms with Crippen molar-refractivity contribution < 1.29 is 14.3 Å². The van der Waals surface area contributed by atoms with E-state index in [0.29, 0.717) is 23.6 Å². The van der Waals surface area contributed by atoms with Gasteiger partial charge in [-0.1, -0.05) is 12.1 Å². The van der Waals surface area contributed by atoms with Crippen LogP contribution in [0.3, 0.4) is 0 Å². The van der Waals surface area contributed by atoms with Crippen molar-refractivity contribution in [3.05, 3.63) is 59.3 Å². The van der Waals surface area contributed by atoms with Crippen LogP contribution < -0.4 is 14.8 Å². The van der Waals surface area contributed by atoms with E-state index in [2.05, 4.69) is 35.0 Å². The summed E-state index contributed by atoms with van der Waals surface area (Å²) in [5.41, 5.74) is 3.83. The van der Waals surface area contributed by atoms with Crippen LogP contribution in [0.2, 0.25) is 0 Å². The lowest BCUT2D eigenvalue weighted by Crippen LogP contribution is -2.24. The number of rotatable bonds is 5. The summed E-state index contributed by atoms with van der Waals surface area (Å²) in [6.45, 7) is 2.51. The van der Waals surface area contributed by atoms with Crippen molar-refractivity contribution in [2.75, 3.05) is 14.2 Å². The number of carbonyl (C=O) groups excluding carboxylic acids is 1. The Bertz CT molecular complexity index is 906. The smallest absolute Gasteiger partial charge is 0.259 e. The molecule has 0 bridgehead atoms. The van der Waals surface area contributed by atoms with Crippen molar-refractivity contribution in [1.82, 2.24) is 9.88 Å². The molecule has 0 saturated carbocycles. The van der Waals surface area contributed by atoms with Crippen molar-refractivity contribution in [3.63, 3.8) is 0 Å². The molecule has 5 nitrogen and oxygen atoms in total. The van der Waals surface area contributed by atoms with Crippen LogP contribution in [-0.2, 0) is 13.6 Å². The molecule has 0 aliphatic heterocycles. The summed E-state index contributed by atoms with van der Waals surface area (Å²) in [7, 11) is 5.13. The third-order valence-electron chi connectivity index (χ3n) is 4.45. The molecule has 0 fully saturated rings. The van der Waals surface area contributed by atoms with Crippen LogP contribution in [0.1, 0.15) is 21.6 Å². The Morgan fingerprint density at radius 1 is 1.08 bits per heavy atom. The Morgan fingerprint density at radius 2 is 1.76 bits per heavy atom. The summed E-state index contributed by atoms with van der Waals surface area (Å²) in [5.74, 6) is 0.760. The molecule has 0 spiro atoms. The number of carbonyl (C=O) groups is 1. The molecule has 1 heterocycles. The zero-order chi connectivity index (χ0) is 18.0. The maximum absolute atomic E-state index is 12.6. The number of aryl methyl sites for hydroxylation is 2. The molecule has 130 valence electrons. The summed E-state index contributed by atoms with van der Waals surface area (Å²) in [6.07, 6.45) is 0. The van der Waals surface area contributed by atoms with E-state index in [9.17, 15) is 4.79 Å². The molecule has 0 atom stereocenters. The molecule has 3 aromatic rings. The normalized spacial score (nSPS) is 10.7. The van der Waals surface area contributed by atoms with E-state index in [-0.39, 0.29) is 5.91 Å². The van der Waals surface area contributed by atoms with Crippen LogP contribution >= 0.6 is 0 Å². The quantitative estimate of drug-likeness (QED) is 0.775. The zero-order valence-corrected chi connectivity index (χ0v) is 14.9. The highest BCUT2D eigenvalue weighted by atomic mass is 16.5. The molecule has 0 radical (unpaired) electrons. The Morgan fingerprint density at radius 3 is 2.40 bits per heavy atom. The third-order valence-corrected chi connectivity index (χ3v) is 4.45. The highest BCUT2D eigenvalue weighted by Gasteiger charge is 2.17. The lowest BCUT2D eigenvalue weighted by Gasteiger charge is -2.13. The molecule has 5 heteroatoms. The molecule has 2 aromatic carbocycles. The van der Waals surface area contributed by atoms with Gasteiger partial charge in [0.15, 0.2) is 0 Å². The second kappa shape index (κ2) is 6.89. The van der Waals surface area contributed by atoms with Gasteiger partial charge < -0.3 is 19.4 Å². The Balaban J connectivity index is 1.81. The molecule has 3 rings (SSSR count). The van der Waals surface area contributed by atoms with E-state index in [1.165, 1.54) is 30.8 Å². The number of hydrogen-bond acceptors (Lipinski definition) is 3. The van der Waals surface area contributed by atoms with Crippen LogP contribution in [0.25, 0.3) is 10.9 Å². The molecule has 0 unspecified atom stereocenters. The fraction of sp³-hybridized carbons (Fsp3) is 0.250. The molecule has 1 aromatic heterocycles. The first-order valence-corrected chi connectivity index (χ1v) is 8.09. The molecular formula is C20H22N2O3. The number of benzene rings is 2. The average molecular weight is 338 g/mol. The SMILES string of the molecule is COc1cccc(OC)c1C(=O)NCc1ccc2c(c1)cc(C)n2C. The van der Waals surface area contributed by atoms with Crippen molar-refractivity contribution >= 4 is 16.8 Å². The number of methoxy groups -OCH3 is 2. The summed E-state index contributed by atoms with van der Waals surface area (Å²) in [4.78, 5) is 12.6. The molecule has 1 amide bonds. The highest BCUT2D eigenvalue weighted by Crippen LogP contribution is 2.28. The molecule has 1 N–H and O–H groups in total. The number of amides is 1. The first-order chi connectivity index (χ1) is 12.0. The van der Waals surface area contributed by atoms with E-state index in [4.69, 9.17) is 9.47 Å². The maximum Gasteiger partial charge on any atom is 0.259 e. The van der Waals surface area contributed by atoms with Crippen LogP contribution in [0.5, 0.6) is 11.5 Å². The van der Waals surface area contributed by atoms with E-state index in [1.54, 1.807) is 18.2 Å². The second-order valence-electron chi connectivity index (χ2n) is 5.96. The predicted octanol–water partition coefficient (Wildman–Crippen LogP) is 3.43. The van der Waals surface area contributed by atoms with Crippen LogP contribution in [0, 0.1) is 6.92 Å². The summed E-state index contributed by atoms with van der Waals surface area (Å²) >= 11 is 0. The monoisotopic (exact) mass is 338 g/mol. The first-order valence-electron chi connectivity index (χ1n) is 8.09. The summed E-state index contributed by atoms with van der Waals surface area (Å²) in [6, 6.07) is 13.6. The van der Waals surface area contributed by atoms with Crippen LogP contribution in [0.15, 0.2) is 42.5 Å². The van der Waals surface area contributed by atoms with Gasteiger partial charge in [-0.25, -0.2) is 0 Å². The lowest BCUT2D eigenvalue weighted by molar-refractivity contribution is 0.0944. The van der Waals surface area contributed by atoms with Gasteiger partial charge in [-0.15, -0.1) is 0 Å². The fourth-order valence-corrected chi connectivity index (χ4v) is 2.99. The van der Waals surface area contributed by atoms with Gasteiger partial charge in [-0.3, -0.25) is 4.79 Å². The van der Waals surface area contributed by atoms with Gasteiger partial charge in [-0.2, -0.15) is 0 Å². The lowest BCUT2D eigenvalue weighted by atomic mass is 10.1. The minimum Gasteiger partial charge on any atom is -0.496 e. The molecule has 0 aliphatic carbocycles. The highest BCUT2D eigenvalue weighted by molar-refractivity contribution is 5.99. The third kappa shape index (κ3) is 3.18. The molecular weight excluding hydrogens is 316 g/mol. The van der Waals surface area contributed by atoms with Gasteiger partial charge in [-0.05, 0) is 42.8 Å². The number of aromatic nitrogens is 1. The zero-order valence-electron chi connectivity index (χ0n) is 14.9. The maximum atomic E-state index is 12.6. The number of ether oxygens (including phenoxy) is 2. The predicted molar refractivity (Wildman–Crippen MR) is 98.4 cm³/mol. The topological polar surface area (TPSA) is 52.5 Å². The van der Waals surface area contributed by atoms with E-state index >= 15 is 0 Å². The van der Waals surface area contributed by atoms with Gasteiger partial charge in [0.1, 0.15) is 17.1 Å². The van der Waals surface area contributed by atoms with E-state index < -0.39 is 0 Å². The summed E-state index contributed by atoms with van der Waals surface area (Å²) < 4.78 is 12.7. The molecule has 0 saturated heterocycles. The number of fused-ring (bicyclic) bond motifs is 1. The van der Waals surface area contributed by atoms with Gasteiger partial charge in [0.25, 0.3) is 5.91 Å². The van der Waals surface area contributed by atoms with Gasteiger partial charge >= 0.3 is 0 Å². The average Bonchev–Trinajstić information content (AvgIpc) is 2.92. The first kappa shape index (κ1) is 16.9. The standard InChI is InChI=1S/C20H22N2O3/c1-13-10-15-11-14(8-9-16(15)22(13)2)12-21-20(23)19-17(24-3)6-5-7-18(19)25-4/h5-11H,12H2,1-4H3,(H,21,23). The Kier molecular flexibility index (Phi) is 4.65. The summed E-state index contributed by atoms with van der Waals surface area (Å²) in [5, 5.41) is 4.11. The Labute approximate surface area is 147 Å². The Hall–Kier alpha value is -2.95. The number of nitrogens with one attached hydrogen (secondary N) is 1. The van der Waals surface area contributed by atoms with Crippen molar-refractivity contribution in [2.24, 2.45) is 7.05 Å². The van der Waals surface area contributed by atoms with Gasteiger partial charge in [0.2, 0.25) is 0 Å².